The number of anilines is 2. The number of urea groups is 1. The number of amides is 2. The van der Waals surface area contributed by atoms with Crippen LogP contribution in [0.5, 0.6) is 0 Å². The molecular weight excluding hydrogens is 629 g/mol. The summed E-state index contributed by atoms with van der Waals surface area (Å²) in [6.45, 7) is 4.87. The molecule has 1 fully saturated rings. The van der Waals surface area contributed by atoms with Crippen molar-refractivity contribution < 1.29 is 21.6 Å². The van der Waals surface area contributed by atoms with Gasteiger partial charge in [-0.1, -0.05) is 30.3 Å². The third kappa shape index (κ3) is 8.80. The Hall–Kier alpha value is -4.54. The molecule has 0 unspecified atom stereocenters. The lowest BCUT2D eigenvalue weighted by atomic mass is 10.1. The molecule has 0 saturated carbocycles. The van der Waals surface area contributed by atoms with Crippen molar-refractivity contribution in [1.29, 1.82) is 5.41 Å². The number of nitrogens with zero attached hydrogens (tertiary/aromatic N) is 2. The molecule has 15 heteroatoms. The number of rotatable bonds is 10. The van der Waals surface area contributed by atoms with Gasteiger partial charge in [0.05, 0.1) is 9.79 Å². The minimum atomic E-state index is -3.88. The van der Waals surface area contributed by atoms with Crippen LogP contribution in [0.2, 0.25) is 0 Å². The van der Waals surface area contributed by atoms with E-state index in [9.17, 15) is 21.6 Å². The fraction of sp³-hybridized carbons (Fsp3) is 0.226. The Morgan fingerprint density at radius 2 is 1.54 bits per heavy atom. The molecule has 2 aliphatic rings. The van der Waals surface area contributed by atoms with E-state index in [0.717, 1.165) is 39.3 Å². The second kappa shape index (κ2) is 14.3. The number of amidine groups is 1. The molecule has 2 heterocycles. The van der Waals surface area contributed by atoms with Crippen LogP contribution in [0.1, 0.15) is 11.1 Å². The van der Waals surface area contributed by atoms with Crippen LogP contribution in [0.4, 0.5) is 16.2 Å². The molecule has 2 aliphatic heterocycles. The van der Waals surface area contributed by atoms with Gasteiger partial charge in [-0.15, -0.1) is 0 Å². The summed E-state index contributed by atoms with van der Waals surface area (Å²) < 4.78 is 50.8. The van der Waals surface area contributed by atoms with Crippen molar-refractivity contribution >= 4 is 43.3 Å². The zero-order valence-corrected chi connectivity index (χ0v) is 26.6. The number of benzene rings is 3. The molecule has 2 amide bonds. The number of carbonyl (C=O) groups excluding carboxylic acids is 1. The Morgan fingerprint density at radius 3 is 2.20 bits per heavy atom. The Balaban J connectivity index is 1.10. The zero-order valence-electron chi connectivity index (χ0n) is 24.9. The first-order valence-electron chi connectivity index (χ1n) is 14.5. The van der Waals surface area contributed by atoms with Crippen molar-refractivity contribution in [1.82, 2.24) is 19.8 Å². The Kier molecular flexibility index (Phi) is 10.2. The molecule has 3 aromatic carbocycles. The number of piperazine rings is 1. The maximum absolute atomic E-state index is 12.7. The highest BCUT2D eigenvalue weighted by Crippen LogP contribution is 2.18. The van der Waals surface area contributed by atoms with Gasteiger partial charge in [-0.05, 0) is 71.9 Å². The molecular formula is C31H36N8O5S2. The summed E-state index contributed by atoms with van der Waals surface area (Å²) in [6.07, 6.45) is 6.25. The summed E-state index contributed by atoms with van der Waals surface area (Å²) in [6, 6.07) is 17.8. The van der Waals surface area contributed by atoms with Gasteiger partial charge in [-0.3, -0.25) is 10.3 Å². The lowest BCUT2D eigenvalue weighted by Crippen LogP contribution is -2.49. The van der Waals surface area contributed by atoms with Crippen LogP contribution in [-0.4, -0.2) is 77.8 Å². The van der Waals surface area contributed by atoms with Crippen LogP contribution in [0.3, 0.4) is 0 Å². The van der Waals surface area contributed by atoms with Crippen LogP contribution in [-0.2, 0) is 26.6 Å². The van der Waals surface area contributed by atoms with Gasteiger partial charge in [-0.25, -0.2) is 31.5 Å². The maximum Gasteiger partial charge on any atom is 0.323 e. The highest BCUT2D eigenvalue weighted by atomic mass is 32.2. The van der Waals surface area contributed by atoms with E-state index in [1.165, 1.54) is 54.1 Å². The maximum atomic E-state index is 12.7. The van der Waals surface area contributed by atoms with E-state index in [-0.39, 0.29) is 16.3 Å². The molecule has 0 aromatic heterocycles. The van der Waals surface area contributed by atoms with Gasteiger partial charge in [0.15, 0.2) is 0 Å². The van der Waals surface area contributed by atoms with Gasteiger partial charge in [0, 0.05) is 62.8 Å². The van der Waals surface area contributed by atoms with Crippen molar-refractivity contribution in [2.24, 2.45) is 5.14 Å². The first-order chi connectivity index (χ1) is 22.0. The SMILES string of the molecule is N=C(c1cccc(NC(=O)Nc2ccc(S(=O)(=O)NCc3ccc(S(N)(=O)=O)cc3)cc2)c1)N1CCN(CC2=CCNC=C2)CC1. The number of hydrogen-bond donors (Lipinski definition) is 6. The molecule has 0 radical (unpaired) electrons. The van der Waals surface area contributed by atoms with Crippen LogP contribution in [0.25, 0.3) is 0 Å². The predicted molar refractivity (Wildman–Crippen MR) is 177 cm³/mol. The van der Waals surface area contributed by atoms with E-state index < -0.39 is 26.1 Å². The van der Waals surface area contributed by atoms with Gasteiger partial charge < -0.3 is 20.9 Å². The second-order valence-electron chi connectivity index (χ2n) is 10.8. The highest BCUT2D eigenvalue weighted by molar-refractivity contribution is 7.89. The Bertz CT molecular complexity index is 1850. The molecule has 242 valence electrons. The average molecular weight is 665 g/mol. The van der Waals surface area contributed by atoms with Gasteiger partial charge >= 0.3 is 6.03 Å². The summed E-state index contributed by atoms with van der Waals surface area (Å²) >= 11 is 0. The van der Waals surface area contributed by atoms with Crippen molar-refractivity contribution in [2.45, 2.75) is 16.3 Å². The molecule has 7 N–H and O–H groups in total. The van der Waals surface area contributed by atoms with Gasteiger partial charge in [0.2, 0.25) is 20.0 Å². The number of carbonyl (C=O) groups is 1. The number of sulfonamides is 2. The fourth-order valence-electron chi connectivity index (χ4n) is 4.99. The molecule has 13 nitrogen and oxygen atoms in total. The lowest BCUT2D eigenvalue weighted by molar-refractivity contribution is 0.195. The van der Waals surface area contributed by atoms with Gasteiger partial charge in [-0.2, -0.15) is 0 Å². The number of hydrogen-bond acceptors (Lipinski definition) is 8. The largest absolute Gasteiger partial charge is 0.387 e. The number of nitrogens with two attached hydrogens (primary N) is 1. The zero-order chi connectivity index (χ0) is 32.7. The van der Waals surface area contributed by atoms with E-state index in [2.05, 4.69) is 37.7 Å². The molecule has 0 atom stereocenters. The highest BCUT2D eigenvalue weighted by Gasteiger charge is 2.21. The van der Waals surface area contributed by atoms with E-state index in [0.29, 0.717) is 28.3 Å². The Labute approximate surface area is 268 Å². The topological polar surface area (TPSA) is 190 Å². The molecule has 0 aliphatic carbocycles. The summed E-state index contributed by atoms with van der Waals surface area (Å²) in [7, 11) is -7.72. The molecule has 3 aromatic rings. The molecule has 46 heavy (non-hydrogen) atoms. The third-order valence-corrected chi connectivity index (χ3v) is 9.87. The minimum Gasteiger partial charge on any atom is -0.387 e. The smallest absolute Gasteiger partial charge is 0.323 e. The van der Waals surface area contributed by atoms with Crippen LogP contribution in [0.15, 0.2) is 107 Å². The van der Waals surface area contributed by atoms with E-state index >= 15 is 0 Å². The monoisotopic (exact) mass is 664 g/mol. The van der Waals surface area contributed by atoms with Crippen molar-refractivity contribution in [3.8, 4) is 0 Å². The van der Waals surface area contributed by atoms with E-state index in [1.54, 1.807) is 18.2 Å². The van der Waals surface area contributed by atoms with Gasteiger partial charge in [0.25, 0.3) is 0 Å². The van der Waals surface area contributed by atoms with Crippen molar-refractivity contribution in [2.75, 3.05) is 49.9 Å². The lowest BCUT2D eigenvalue weighted by Gasteiger charge is -2.36. The predicted octanol–water partition coefficient (Wildman–Crippen LogP) is 2.44. The van der Waals surface area contributed by atoms with Crippen LogP contribution >= 0.6 is 0 Å². The second-order valence-corrected chi connectivity index (χ2v) is 14.2. The summed E-state index contributed by atoms with van der Waals surface area (Å²) in [5, 5.41) is 22.5. The molecule has 0 spiro atoms. The number of dihydropyridines is 1. The molecule has 0 bridgehead atoms. The molecule has 1 saturated heterocycles. The van der Waals surface area contributed by atoms with E-state index in [4.69, 9.17) is 10.5 Å². The summed E-state index contributed by atoms with van der Waals surface area (Å²) in [4.78, 5) is 17.1. The number of nitrogens with one attached hydrogen (secondary N) is 5. The standard InChI is InChI=1S/C31H36N8O5S2/c32-30(39-18-16-38(17-19-39)22-24-12-14-34-15-13-24)25-2-1-3-27(20-25)37-31(40)36-26-6-10-29(11-7-26)46(43,44)35-21-23-4-8-28(9-5-23)45(33,41)42/h1-14,20,32,34-35H,15-19,21-22H2,(H2,33,41,42)(H2,36,37,40). The first-order valence-corrected chi connectivity index (χ1v) is 17.5. The number of primary sulfonamides is 1. The normalized spacial score (nSPS) is 15.5. The van der Waals surface area contributed by atoms with Crippen LogP contribution in [0, 0.1) is 5.41 Å². The van der Waals surface area contributed by atoms with Crippen molar-refractivity contribution in [3.63, 3.8) is 0 Å². The minimum absolute atomic E-state index is 0.00753. The third-order valence-electron chi connectivity index (χ3n) is 7.53. The molecule has 5 rings (SSSR count). The first kappa shape index (κ1) is 32.8. The van der Waals surface area contributed by atoms with Crippen LogP contribution < -0.4 is 25.8 Å². The Morgan fingerprint density at radius 1 is 0.870 bits per heavy atom. The fourth-order valence-corrected chi connectivity index (χ4v) is 6.53. The summed E-state index contributed by atoms with van der Waals surface area (Å²) in [5.41, 5.74) is 3.43. The van der Waals surface area contributed by atoms with E-state index in [1.807, 2.05) is 17.2 Å². The van der Waals surface area contributed by atoms with Gasteiger partial charge in [0.1, 0.15) is 5.84 Å². The average Bonchev–Trinajstić information content (AvgIpc) is 3.04. The quantitative estimate of drug-likeness (QED) is 0.141. The van der Waals surface area contributed by atoms with Crippen molar-refractivity contribution in [3.05, 3.63) is 108 Å². The summed E-state index contributed by atoms with van der Waals surface area (Å²) in [5.74, 6) is 0.399.